The molecule has 0 aromatic rings. The average Bonchev–Trinajstić information content (AvgIpc) is 2.80. The number of hydrogen-bond donors (Lipinski definition) is 1. The summed E-state index contributed by atoms with van der Waals surface area (Å²) in [5.41, 5.74) is 0. The summed E-state index contributed by atoms with van der Waals surface area (Å²) < 4.78 is 0. The zero-order valence-electron chi connectivity index (χ0n) is 12.2. The van der Waals surface area contributed by atoms with E-state index < -0.39 is 0 Å². The molecule has 0 aromatic heterocycles. The van der Waals surface area contributed by atoms with Crippen LogP contribution in [0.1, 0.15) is 33.6 Å². The Kier molecular flexibility index (Phi) is 7.09. The molecule has 0 aliphatic carbocycles. The highest BCUT2D eigenvalue weighted by Gasteiger charge is 2.21. The van der Waals surface area contributed by atoms with Crippen molar-refractivity contribution in [3.05, 3.63) is 0 Å². The highest BCUT2D eigenvalue weighted by atomic mass is 15.2. The summed E-state index contributed by atoms with van der Waals surface area (Å²) in [7, 11) is 2.25. The van der Waals surface area contributed by atoms with Gasteiger partial charge in [0.1, 0.15) is 0 Å². The van der Waals surface area contributed by atoms with Gasteiger partial charge in [-0.05, 0) is 52.4 Å². The maximum atomic E-state index is 3.47. The summed E-state index contributed by atoms with van der Waals surface area (Å²) in [6.07, 6.45) is 2.62. The molecule has 102 valence electrons. The lowest BCUT2D eigenvalue weighted by atomic mass is 10.1. The van der Waals surface area contributed by atoms with Crippen LogP contribution >= 0.6 is 0 Å². The molecule has 1 rings (SSSR count). The van der Waals surface area contributed by atoms with Gasteiger partial charge in [-0.15, -0.1) is 0 Å². The second-order valence-corrected chi connectivity index (χ2v) is 5.50. The van der Waals surface area contributed by atoms with Crippen molar-refractivity contribution in [2.75, 3.05) is 46.3 Å². The van der Waals surface area contributed by atoms with Gasteiger partial charge in [0.2, 0.25) is 0 Å². The Morgan fingerprint density at radius 1 is 1.41 bits per heavy atom. The molecule has 1 N–H and O–H groups in total. The van der Waals surface area contributed by atoms with E-state index in [-0.39, 0.29) is 0 Å². The van der Waals surface area contributed by atoms with Crippen LogP contribution in [-0.2, 0) is 0 Å². The number of likely N-dealkylation sites (tertiary alicyclic amines) is 1. The van der Waals surface area contributed by atoms with Gasteiger partial charge in [0.15, 0.2) is 0 Å². The lowest BCUT2D eigenvalue weighted by Gasteiger charge is -2.26. The summed E-state index contributed by atoms with van der Waals surface area (Å²) in [4.78, 5) is 5.11. The lowest BCUT2D eigenvalue weighted by Crippen LogP contribution is -2.36. The summed E-state index contributed by atoms with van der Waals surface area (Å²) >= 11 is 0. The van der Waals surface area contributed by atoms with E-state index in [9.17, 15) is 0 Å². The first-order valence-corrected chi connectivity index (χ1v) is 7.30. The third-order valence-corrected chi connectivity index (χ3v) is 4.17. The molecular formula is C14H31N3. The van der Waals surface area contributed by atoms with Gasteiger partial charge in [-0.1, -0.05) is 13.8 Å². The smallest absolute Gasteiger partial charge is 0.0109 e. The number of nitrogens with zero attached hydrogens (tertiary/aromatic N) is 2. The molecule has 1 aliphatic rings. The minimum atomic E-state index is 0.718. The number of nitrogens with one attached hydrogen (secondary N) is 1. The first-order valence-electron chi connectivity index (χ1n) is 7.30. The molecule has 17 heavy (non-hydrogen) atoms. The summed E-state index contributed by atoms with van der Waals surface area (Å²) in [6, 6.07) is 0.718. The predicted octanol–water partition coefficient (Wildman–Crippen LogP) is 1.65. The number of rotatable bonds is 8. The highest BCUT2D eigenvalue weighted by molar-refractivity contribution is 4.77. The molecule has 3 heteroatoms. The summed E-state index contributed by atoms with van der Waals surface area (Å²) in [5.74, 6) is 0.879. The Bertz CT molecular complexity index is 196. The van der Waals surface area contributed by atoms with Crippen LogP contribution in [0, 0.1) is 5.92 Å². The van der Waals surface area contributed by atoms with Gasteiger partial charge in [-0.3, -0.25) is 0 Å². The predicted molar refractivity (Wildman–Crippen MR) is 75.5 cm³/mol. The van der Waals surface area contributed by atoms with Crippen LogP contribution in [0.2, 0.25) is 0 Å². The highest BCUT2D eigenvalue weighted by Crippen LogP contribution is 2.15. The van der Waals surface area contributed by atoms with E-state index in [1.165, 1.54) is 45.6 Å². The van der Waals surface area contributed by atoms with Gasteiger partial charge in [0.25, 0.3) is 0 Å². The largest absolute Gasteiger partial charge is 0.317 e. The minimum Gasteiger partial charge on any atom is -0.317 e. The first-order chi connectivity index (χ1) is 8.17. The van der Waals surface area contributed by atoms with Gasteiger partial charge in [0.05, 0.1) is 0 Å². The molecule has 0 radical (unpaired) electrons. The Morgan fingerprint density at radius 3 is 2.82 bits per heavy atom. The van der Waals surface area contributed by atoms with E-state index in [2.05, 4.69) is 42.9 Å². The number of hydrogen-bond acceptors (Lipinski definition) is 3. The van der Waals surface area contributed by atoms with E-state index in [0.29, 0.717) is 0 Å². The van der Waals surface area contributed by atoms with Gasteiger partial charge >= 0.3 is 0 Å². The molecule has 1 heterocycles. The Morgan fingerprint density at radius 2 is 2.18 bits per heavy atom. The quantitative estimate of drug-likeness (QED) is 0.697. The zero-order valence-corrected chi connectivity index (χ0v) is 12.2. The second kappa shape index (κ2) is 8.06. The maximum absolute atomic E-state index is 3.47. The van der Waals surface area contributed by atoms with Crippen LogP contribution in [0.3, 0.4) is 0 Å². The van der Waals surface area contributed by atoms with E-state index in [1.807, 2.05) is 0 Å². The standard InChI is InChI=1S/C14H31N3/c1-5-13(3)16(4)9-10-17-8-7-14(12-17)11-15-6-2/h13-15H,5-12H2,1-4H3. The molecule has 0 aromatic carbocycles. The molecule has 1 saturated heterocycles. The molecule has 3 nitrogen and oxygen atoms in total. The Balaban J connectivity index is 2.13. The van der Waals surface area contributed by atoms with Crippen molar-refractivity contribution < 1.29 is 0 Å². The molecular weight excluding hydrogens is 210 g/mol. The van der Waals surface area contributed by atoms with E-state index >= 15 is 0 Å². The van der Waals surface area contributed by atoms with Crippen LogP contribution < -0.4 is 5.32 Å². The molecule has 0 spiro atoms. The maximum Gasteiger partial charge on any atom is 0.0109 e. The minimum absolute atomic E-state index is 0.718. The van der Waals surface area contributed by atoms with Crippen molar-refractivity contribution in [3.63, 3.8) is 0 Å². The fraction of sp³-hybridized carbons (Fsp3) is 1.00. The van der Waals surface area contributed by atoms with Gasteiger partial charge in [0, 0.05) is 25.7 Å². The third-order valence-electron chi connectivity index (χ3n) is 4.17. The summed E-state index contributed by atoms with van der Waals surface area (Å²) in [6.45, 7) is 14.1. The molecule has 0 amide bonds. The van der Waals surface area contributed by atoms with E-state index in [4.69, 9.17) is 0 Å². The van der Waals surface area contributed by atoms with Crippen LogP contribution in [0.4, 0.5) is 0 Å². The van der Waals surface area contributed by atoms with Crippen molar-refractivity contribution in [2.45, 2.75) is 39.7 Å². The van der Waals surface area contributed by atoms with Crippen LogP contribution in [0.25, 0.3) is 0 Å². The van der Waals surface area contributed by atoms with Crippen molar-refractivity contribution >= 4 is 0 Å². The molecule has 1 aliphatic heterocycles. The normalized spacial score (nSPS) is 23.5. The van der Waals surface area contributed by atoms with Crippen molar-refractivity contribution in [2.24, 2.45) is 5.92 Å². The molecule has 2 unspecified atom stereocenters. The molecule has 2 atom stereocenters. The van der Waals surface area contributed by atoms with Crippen LogP contribution in [-0.4, -0.2) is 62.2 Å². The zero-order chi connectivity index (χ0) is 12.7. The van der Waals surface area contributed by atoms with Gasteiger partial charge in [-0.2, -0.15) is 0 Å². The Hall–Kier alpha value is -0.120. The average molecular weight is 241 g/mol. The molecule has 1 fully saturated rings. The van der Waals surface area contributed by atoms with E-state index in [0.717, 1.165) is 18.5 Å². The van der Waals surface area contributed by atoms with Gasteiger partial charge < -0.3 is 15.1 Å². The van der Waals surface area contributed by atoms with Crippen molar-refractivity contribution in [3.8, 4) is 0 Å². The number of likely N-dealkylation sites (N-methyl/N-ethyl adjacent to an activating group) is 1. The Labute approximate surface area is 108 Å². The van der Waals surface area contributed by atoms with Crippen LogP contribution in [0.5, 0.6) is 0 Å². The van der Waals surface area contributed by atoms with Crippen LogP contribution in [0.15, 0.2) is 0 Å². The second-order valence-electron chi connectivity index (χ2n) is 5.50. The van der Waals surface area contributed by atoms with Crippen molar-refractivity contribution in [1.82, 2.24) is 15.1 Å². The van der Waals surface area contributed by atoms with Crippen molar-refractivity contribution in [1.29, 1.82) is 0 Å². The first kappa shape index (κ1) is 14.9. The topological polar surface area (TPSA) is 18.5 Å². The lowest BCUT2D eigenvalue weighted by molar-refractivity contribution is 0.208. The fourth-order valence-corrected chi connectivity index (χ4v) is 2.46. The molecule has 0 bridgehead atoms. The summed E-state index contributed by atoms with van der Waals surface area (Å²) in [5, 5.41) is 3.47. The van der Waals surface area contributed by atoms with E-state index in [1.54, 1.807) is 0 Å². The SMILES string of the molecule is CCNCC1CCN(CCN(C)C(C)CC)C1. The fourth-order valence-electron chi connectivity index (χ4n) is 2.46. The molecule has 0 saturated carbocycles. The third kappa shape index (κ3) is 5.36. The van der Waals surface area contributed by atoms with Gasteiger partial charge in [-0.25, -0.2) is 0 Å². The monoisotopic (exact) mass is 241 g/mol.